The van der Waals surface area contributed by atoms with Gasteiger partial charge in [0.25, 0.3) is 5.91 Å². The van der Waals surface area contributed by atoms with Crippen LogP contribution in [0.15, 0.2) is 29.2 Å². The quantitative estimate of drug-likeness (QED) is 0.677. The molecule has 0 saturated carbocycles. The second-order valence-corrected chi connectivity index (χ2v) is 8.38. The Kier molecular flexibility index (Phi) is 7.78. The molecule has 154 valence electrons. The topological polar surface area (TPSA) is 119 Å². The molecule has 28 heavy (non-hydrogen) atoms. The minimum Gasteiger partial charge on any atom is -0.455 e. The van der Waals surface area contributed by atoms with E-state index in [0.29, 0.717) is 5.02 Å². The van der Waals surface area contributed by atoms with E-state index in [0.717, 1.165) is 0 Å². The predicted molar refractivity (Wildman–Crippen MR) is 99.1 cm³/mol. The van der Waals surface area contributed by atoms with Crippen molar-refractivity contribution < 1.29 is 32.3 Å². The second kappa shape index (κ2) is 9.85. The summed E-state index contributed by atoms with van der Waals surface area (Å²) in [5.74, 6) is -1.93. The van der Waals surface area contributed by atoms with Gasteiger partial charge < -0.3 is 9.47 Å². The lowest BCUT2D eigenvalue weighted by Gasteiger charge is -2.30. The maximum atomic E-state index is 12.6. The molecule has 0 radical (unpaired) electrons. The molecule has 1 aliphatic heterocycles. The van der Waals surface area contributed by atoms with Crippen LogP contribution >= 0.6 is 11.6 Å². The summed E-state index contributed by atoms with van der Waals surface area (Å²) in [6, 6.07) is 5.86. The molecular weight excluding hydrogens is 412 g/mol. The number of benzene rings is 1. The zero-order valence-corrected chi connectivity index (χ0v) is 16.8. The van der Waals surface area contributed by atoms with Crippen LogP contribution in [0.2, 0.25) is 5.02 Å². The highest BCUT2D eigenvalue weighted by molar-refractivity contribution is 7.89. The van der Waals surface area contributed by atoms with E-state index in [-0.39, 0.29) is 37.4 Å². The lowest BCUT2D eigenvalue weighted by molar-refractivity contribution is -0.153. The van der Waals surface area contributed by atoms with Crippen molar-refractivity contribution in [2.24, 2.45) is 5.92 Å². The molecule has 1 aromatic rings. The third-order valence-corrected chi connectivity index (χ3v) is 6.27. The molecule has 0 spiro atoms. The number of alkyl carbamates (subject to hydrolysis) is 1. The van der Waals surface area contributed by atoms with Crippen molar-refractivity contribution in [1.82, 2.24) is 9.62 Å². The van der Waals surface area contributed by atoms with Gasteiger partial charge in [-0.3, -0.25) is 14.9 Å². The van der Waals surface area contributed by atoms with E-state index in [9.17, 15) is 22.8 Å². The number of sulfonamides is 1. The first-order valence-electron chi connectivity index (χ1n) is 8.63. The van der Waals surface area contributed by atoms with Gasteiger partial charge in [0, 0.05) is 18.1 Å². The average molecular weight is 433 g/mol. The molecule has 0 unspecified atom stereocenters. The number of amides is 2. The average Bonchev–Trinajstić information content (AvgIpc) is 2.66. The van der Waals surface area contributed by atoms with E-state index in [4.69, 9.17) is 16.3 Å². The fraction of sp³-hybridized carbons (Fsp3) is 0.471. The molecule has 0 bridgehead atoms. The Balaban J connectivity index is 1.82. The highest BCUT2D eigenvalue weighted by Gasteiger charge is 2.33. The Hall–Kier alpha value is -2.17. The number of nitrogens with one attached hydrogen (secondary N) is 1. The van der Waals surface area contributed by atoms with E-state index in [1.807, 2.05) is 5.32 Å². The van der Waals surface area contributed by atoms with Crippen LogP contribution in [0.3, 0.4) is 0 Å². The van der Waals surface area contributed by atoms with Gasteiger partial charge in [-0.2, -0.15) is 4.31 Å². The molecule has 9 nitrogen and oxygen atoms in total. The van der Waals surface area contributed by atoms with Crippen LogP contribution in [0.4, 0.5) is 4.79 Å². The van der Waals surface area contributed by atoms with Crippen LogP contribution in [0.5, 0.6) is 0 Å². The van der Waals surface area contributed by atoms with Crippen molar-refractivity contribution in [2.75, 3.05) is 26.3 Å². The molecule has 0 atom stereocenters. The van der Waals surface area contributed by atoms with Gasteiger partial charge in [0.1, 0.15) is 0 Å². The van der Waals surface area contributed by atoms with E-state index in [1.165, 1.54) is 28.6 Å². The van der Waals surface area contributed by atoms with Crippen molar-refractivity contribution in [3.63, 3.8) is 0 Å². The molecule has 1 heterocycles. The number of carbonyl (C=O) groups is 3. The summed E-state index contributed by atoms with van der Waals surface area (Å²) in [5, 5.41) is 2.35. The van der Waals surface area contributed by atoms with E-state index < -0.39 is 40.5 Å². The molecule has 1 saturated heterocycles. The molecule has 1 fully saturated rings. The summed E-state index contributed by atoms with van der Waals surface area (Å²) in [7, 11) is -3.67. The zero-order chi connectivity index (χ0) is 20.7. The van der Waals surface area contributed by atoms with E-state index in [1.54, 1.807) is 6.92 Å². The summed E-state index contributed by atoms with van der Waals surface area (Å²) in [6.07, 6.45) is -0.375. The number of esters is 1. The third kappa shape index (κ3) is 5.91. The van der Waals surface area contributed by atoms with Crippen LogP contribution < -0.4 is 5.32 Å². The second-order valence-electron chi connectivity index (χ2n) is 6.01. The number of halogens is 1. The molecule has 2 amide bonds. The monoisotopic (exact) mass is 432 g/mol. The number of hydrogen-bond donors (Lipinski definition) is 1. The minimum absolute atomic E-state index is 0.108. The minimum atomic E-state index is -3.67. The first-order valence-corrected chi connectivity index (χ1v) is 10.4. The number of ether oxygens (including phenoxy) is 2. The molecule has 2 rings (SSSR count). The maximum absolute atomic E-state index is 12.6. The molecule has 1 aromatic carbocycles. The largest absolute Gasteiger partial charge is 0.455 e. The molecule has 1 N–H and O–H groups in total. The van der Waals surface area contributed by atoms with Gasteiger partial charge in [-0.1, -0.05) is 11.6 Å². The molecule has 11 heteroatoms. The maximum Gasteiger partial charge on any atom is 0.413 e. The number of nitrogens with zero attached hydrogens (tertiary/aromatic N) is 1. The number of rotatable bonds is 6. The molecule has 0 aliphatic carbocycles. The van der Waals surface area contributed by atoms with Crippen molar-refractivity contribution in [2.45, 2.75) is 24.7 Å². The van der Waals surface area contributed by atoms with Gasteiger partial charge >= 0.3 is 12.1 Å². The number of hydrogen-bond acceptors (Lipinski definition) is 7. The van der Waals surface area contributed by atoms with Gasteiger partial charge in [-0.05, 0) is 44.0 Å². The standard InChI is InChI=1S/C17H21ClN2O7S/c1-2-26-17(23)19-15(21)11-27-16(22)12-7-9-20(10-8-12)28(24,25)14-5-3-13(18)4-6-14/h3-6,12H,2,7-11H2,1H3,(H,19,21,23). The summed E-state index contributed by atoms with van der Waals surface area (Å²) in [4.78, 5) is 34.8. The van der Waals surface area contributed by atoms with Crippen molar-refractivity contribution >= 4 is 39.6 Å². The fourth-order valence-electron chi connectivity index (χ4n) is 2.66. The van der Waals surface area contributed by atoms with Gasteiger partial charge in [-0.25, -0.2) is 13.2 Å². The molecule has 0 aromatic heterocycles. The lowest BCUT2D eigenvalue weighted by Crippen LogP contribution is -2.41. The van der Waals surface area contributed by atoms with E-state index in [2.05, 4.69) is 4.74 Å². The van der Waals surface area contributed by atoms with E-state index >= 15 is 0 Å². The van der Waals surface area contributed by atoms with Crippen molar-refractivity contribution in [3.8, 4) is 0 Å². The van der Waals surface area contributed by atoms with Gasteiger partial charge in [0.15, 0.2) is 6.61 Å². The molecular formula is C17H21ClN2O7S. The summed E-state index contributed by atoms with van der Waals surface area (Å²) >= 11 is 5.78. The number of imide groups is 1. The van der Waals surface area contributed by atoms with Gasteiger partial charge in [-0.15, -0.1) is 0 Å². The highest BCUT2D eigenvalue weighted by Crippen LogP contribution is 2.25. The lowest BCUT2D eigenvalue weighted by atomic mass is 9.98. The van der Waals surface area contributed by atoms with Crippen LogP contribution in [-0.4, -0.2) is 57.0 Å². The fourth-order valence-corrected chi connectivity index (χ4v) is 4.25. The van der Waals surface area contributed by atoms with Crippen LogP contribution in [0.1, 0.15) is 19.8 Å². The summed E-state index contributed by atoms with van der Waals surface area (Å²) < 4.78 is 36.0. The SMILES string of the molecule is CCOC(=O)NC(=O)COC(=O)C1CCN(S(=O)(=O)c2ccc(Cl)cc2)CC1. The summed E-state index contributed by atoms with van der Waals surface area (Å²) in [6.45, 7) is 1.39. The normalized spacial score (nSPS) is 15.6. The Morgan fingerprint density at radius 2 is 1.75 bits per heavy atom. The van der Waals surface area contributed by atoms with Crippen molar-refractivity contribution in [3.05, 3.63) is 29.3 Å². The first-order chi connectivity index (χ1) is 13.2. The first kappa shape index (κ1) is 22.1. The Morgan fingerprint density at radius 1 is 1.14 bits per heavy atom. The van der Waals surface area contributed by atoms with Crippen molar-refractivity contribution in [1.29, 1.82) is 0 Å². The van der Waals surface area contributed by atoms with Crippen LogP contribution in [0, 0.1) is 5.92 Å². The smallest absolute Gasteiger partial charge is 0.413 e. The van der Waals surface area contributed by atoms with Gasteiger partial charge in [0.05, 0.1) is 17.4 Å². The Bertz CT molecular complexity index is 818. The van der Waals surface area contributed by atoms with Crippen LogP contribution in [0.25, 0.3) is 0 Å². The third-order valence-electron chi connectivity index (χ3n) is 4.10. The zero-order valence-electron chi connectivity index (χ0n) is 15.2. The van der Waals surface area contributed by atoms with Gasteiger partial charge in [0.2, 0.25) is 10.0 Å². The predicted octanol–water partition coefficient (Wildman–Crippen LogP) is 1.56. The van der Waals surface area contributed by atoms with Crippen LogP contribution in [-0.2, 0) is 29.1 Å². The molecule has 1 aliphatic rings. The summed E-state index contributed by atoms with van der Waals surface area (Å²) in [5.41, 5.74) is 0. The highest BCUT2D eigenvalue weighted by atomic mass is 35.5. The number of carbonyl (C=O) groups excluding carboxylic acids is 3. The Morgan fingerprint density at radius 3 is 2.32 bits per heavy atom. The number of piperidine rings is 1. The Labute approximate surface area is 168 Å².